The van der Waals surface area contributed by atoms with Crippen LogP contribution in [0, 0.1) is 0 Å². The molecule has 2 N–H and O–H groups in total. The molecule has 6 heteroatoms. The van der Waals surface area contributed by atoms with Gasteiger partial charge in [0, 0.05) is 11.0 Å². The van der Waals surface area contributed by atoms with Crippen molar-refractivity contribution in [2.24, 2.45) is 0 Å². The lowest BCUT2D eigenvalue weighted by Crippen LogP contribution is -1.97. The van der Waals surface area contributed by atoms with E-state index in [0.717, 1.165) is 5.75 Å². The third kappa shape index (κ3) is 3.30. The second kappa shape index (κ2) is 5.97. The molecule has 94 valence electrons. The highest BCUT2D eigenvalue weighted by atomic mass is 32.2. The number of thioether (sulfide) groups is 2. The van der Waals surface area contributed by atoms with Crippen LogP contribution in [0.15, 0.2) is 40.4 Å². The van der Waals surface area contributed by atoms with E-state index in [9.17, 15) is 0 Å². The SMILES string of the molecule is CSc1ccc(Oc2cc(N)nc(SC)n2)cc1. The zero-order chi connectivity index (χ0) is 13.0. The van der Waals surface area contributed by atoms with Crippen LogP contribution in [-0.4, -0.2) is 22.5 Å². The van der Waals surface area contributed by atoms with Crippen LogP contribution in [0.1, 0.15) is 0 Å². The van der Waals surface area contributed by atoms with Crippen molar-refractivity contribution in [1.29, 1.82) is 0 Å². The van der Waals surface area contributed by atoms with Crippen molar-refractivity contribution in [2.45, 2.75) is 10.1 Å². The van der Waals surface area contributed by atoms with Crippen molar-refractivity contribution in [3.8, 4) is 11.6 Å². The Kier molecular flexibility index (Phi) is 4.33. The van der Waals surface area contributed by atoms with Crippen molar-refractivity contribution in [1.82, 2.24) is 9.97 Å². The average molecular weight is 279 g/mol. The predicted molar refractivity (Wildman–Crippen MR) is 76.5 cm³/mol. The maximum atomic E-state index is 5.69. The van der Waals surface area contributed by atoms with Crippen LogP contribution in [0.5, 0.6) is 11.6 Å². The first kappa shape index (κ1) is 13.0. The predicted octanol–water partition coefficient (Wildman–Crippen LogP) is 3.29. The summed E-state index contributed by atoms with van der Waals surface area (Å²) in [5, 5.41) is 0.603. The molecule has 0 saturated carbocycles. The van der Waals surface area contributed by atoms with Gasteiger partial charge in [-0.3, -0.25) is 0 Å². The van der Waals surface area contributed by atoms with E-state index in [1.807, 2.05) is 36.8 Å². The third-order valence-corrected chi connectivity index (χ3v) is 3.46. The van der Waals surface area contributed by atoms with Crippen molar-refractivity contribution in [3.63, 3.8) is 0 Å². The zero-order valence-electron chi connectivity index (χ0n) is 10.1. The minimum Gasteiger partial charge on any atom is -0.439 e. The van der Waals surface area contributed by atoms with Crippen LogP contribution >= 0.6 is 23.5 Å². The van der Waals surface area contributed by atoms with E-state index < -0.39 is 0 Å². The molecule has 0 atom stereocenters. The fourth-order valence-electron chi connectivity index (χ4n) is 1.33. The van der Waals surface area contributed by atoms with Gasteiger partial charge in [-0.25, -0.2) is 4.98 Å². The molecule has 0 unspecified atom stereocenters. The molecule has 0 aliphatic heterocycles. The number of nitrogen functional groups attached to an aromatic ring is 1. The maximum absolute atomic E-state index is 5.69. The molecule has 1 aromatic heterocycles. The molecule has 0 aliphatic rings. The van der Waals surface area contributed by atoms with Crippen LogP contribution in [-0.2, 0) is 0 Å². The Labute approximate surface area is 114 Å². The minimum absolute atomic E-state index is 0.407. The number of anilines is 1. The van der Waals surface area contributed by atoms with Crippen molar-refractivity contribution >= 4 is 29.3 Å². The molecule has 0 aliphatic carbocycles. The number of nitrogens with two attached hydrogens (primary N) is 1. The quantitative estimate of drug-likeness (QED) is 0.684. The van der Waals surface area contributed by atoms with Gasteiger partial charge in [-0.2, -0.15) is 4.98 Å². The first-order valence-electron chi connectivity index (χ1n) is 5.21. The van der Waals surface area contributed by atoms with Crippen LogP contribution in [0.4, 0.5) is 5.82 Å². The van der Waals surface area contributed by atoms with Gasteiger partial charge in [-0.1, -0.05) is 11.8 Å². The molecular weight excluding hydrogens is 266 g/mol. The summed E-state index contributed by atoms with van der Waals surface area (Å²) in [5.74, 6) is 1.60. The first-order valence-corrected chi connectivity index (χ1v) is 7.66. The molecule has 0 fully saturated rings. The average Bonchev–Trinajstić information content (AvgIpc) is 2.39. The van der Waals surface area contributed by atoms with E-state index in [2.05, 4.69) is 9.97 Å². The fourth-order valence-corrected chi connectivity index (χ4v) is 2.12. The second-order valence-corrected chi connectivity index (χ2v) is 5.05. The van der Waals surface area contributed by atoms with Gasteiger partial charge in [0.1, 0.15) is 11.6 Å². The highest BCUT2D eigenvalue weighted by Crippen LogP contribution is 2.25. The molecule has 2 aromatic rings. The number of hydrogen-bond acceptors (Lipinski definition) is 6. The molecule has 1 heterocycles. The molecule has 0 amide bonds. The highest BCUT2D eigenvalue weighted by Gasteiger charge is 2.04. The van der Waals surface area contributed by atoms with Crippen LogP contribution in [0.2, 0.25) is 0 Å². The number of aromatic nitrogens is 2. The minimum atomic E-state index is 0.407. The lowest BCUT2D eigenvalue weighted by molar-refractivity contribution is 0.456. The summed E-state index contributed by atoms with van der Waals surface area (Å²) in [7, 11) is 0. The molecular formula is C12H13N3OS2. The third-order valence-electron chi connectivity index (χ3n) is 2.17. The summed E-state index contributed by atoms with van der Waals surface area (Å²) >= 11 is 3.12. The normalized spacial score (nSPS) is 10.3. The van der Waals surface area contributed by atoms with E-state index in [1.165, 1.54) is 16.7 Å². The van der Waals surface area contributed by atoms with Crippen molar-refractivity contribution < 1.29 is 4.74 Å². The van der Waals surface area contributed by atoms with Gasteiger partial charge in [0.05, 0.1) is 0 Å². The van der Waals surface area contributed by atoms with Gasteiger partial charge < -0.3 is 10.5 Å². The Balaban J connectivity index is 2.19. The number of hydrogen-bond donors (Lipinski definition) is 1. The van der Waals surface area contributed by atoms with E-state index in [1.54, 1.807) is 17.8 Å². The van der Waals surface area contributed by atoms with Crippen molar-refractivity contribution in [3.05, 3.63) is 30.3 Å². The Hall–Kier alpha value is -1.40. The van der Waals surface area contributed by atoms with E-state index >= 15 is 0 Å². The smallest absolute Gasteiger partial charge is 0.225 e. The van der Waals surface area contributed by atoms with Gasteiger partial charge in [0.15, 0.2) is 5.16 Å². The monoisotopic (exact) mass is 279 g/mol. The molecule has 0 spiro atoms. The first-order chi connectivity index (χ1) is 8.71. The largest absolute Gasteiger partial charge is 0.439 e. The van der Waals surface area contributed by atoms with Gasteiger partial charge in [-0.15, -0.1) is 11.8 Å². The maximum Gasteiger partial charge on any atom is 0.225 e. The van der Waals surface area contributed by atoms with Gasteiger partial charge in [-0.05, 0) is 36.8 Å². The Morgan fingerprint density at radius 3 is 2.39 bits per heavy atom. The molecule has 4 nitrogen and oxygen atoms in total. The van der Waals surface area contributed by atoms with Crippen LogP contribution < -0.4 is 10.5 Å². The molecule has 0 saturated heterocycles. The standard InChI is InChI=1S/C12H13N3OS2/c1-17-9-5-3-8(4-6-9)16-11-7-10(13)14-12(15-11)18-2/h3-7H,1-2H3,(H2,13,14,15). The topological polar surface area (TPSA) is 61.0 Å². The molecule has 1 aromatic carbocycles. The summed E-state index contributed by atoms with van der Waals surface area (Å²) in [6.07, 6.45) is 3.93. The zero-order valence-corrected chi connectivity index (χ0v) is 11.7. The van der Waals surface area contributed by atoms with E-state index in [-0.39, 0.29) is 0 Å². The number of nitrogens with zero attached hydrogens (tertiary/aromatic N) is 2. The number of ether oxygens (including phenoxy) is 1. The summed E-state index contributed by atoms with van der Waals surface area (Å²) < 4.78 is 5.65. The molecule has 18 heavy (non-hydrogen) atoms. The van der Waals surface area contributed by atoms with Gasteiger partial charge in [0.25, 0.3) is 0 Å². The highest BCUT2D eigenvalue weighted by molar-refractivity contribution is 7.98. The van der Waals surface area contributed by atoms with Crippen molar-refractivity contribution in [2.75, 3.05) is 18.2 Å². The van der Waals surface area contributed by atoms with Gasteiger partial charge in [0.2, 0.25) is 5.88 Å². The van der Waals surface area contributed by atoms with Gasteiger partial charge >= 0.3 is 0 Å². The Morgan fingerprint density at radius 2 is 1.78 bits per heavy atom. The Morgan fingerprint density at radius 1 is 1.06 bits per heavy atom. The summed E-state index contributed by atoms with van der Waals surface area (Å²) in [4.78, 5) is 9.49. The Bertz CT molecular complexity index is 531. The number of rotatable bonds is 4. The molecule has 0 bridgehead atoms. The second-order valence-electron chi connectivity index (χ2n) is 3.40. The summed E-state index contributed by atoms with van der Waals surface area (Å²) in [6, 6.07) is 9.42. The van der Waals surface area contributed by atoms with Crippen LogP contribution in [0.25, 0.3) is 0 Å². The molecule has 2 rings (SSSR count). The fraction of sp³-hybridized carbons (Fsp3) is 0.167. The number of benzene rings is 1. The molecule has 0 radical (unpaired) electrons. The summed E-state index contributed by atoms with van der Waals surface area (Å²) in [6.45, 7) is 0. The summed E-state index contributed by atoms with van der Waals surface area (Å²) in [5.41, 5.74) is 5.69. The lowest BCUT2D eigenvalue weighted by Gasteiger charge is -2.06. The van der Waals surface area contributed by atoms with E-state index in [4.69, 9.17) is 10.5 Å². The van der Waals surface area contributed by atoms with Crippen LogP contribution in [0.3, 0.4) is 0 Å². The lowest BCUT2D eigenvalue weighted by atomic mass is 10.3. The van der Waals surface area contributed by atoms with E-state index in [0.29, 0.717) is 16.9 Å².